The van der Waals surface area contributed by atoms with Crippen LogP contribution in [0, 0.1) is 11.7 Å². The summed E-state index contributed by atoms with van der Waals surface area (Å²) in [6, 6.07) is 3.76. The molecular formula is C12H13ClFNO3. The molecule has 0 heterocycles. The van der Waals surface area contributed by atoms with Gasteiger partial charge in [-0.1, -0.05) is 18.5 Å². The fraction of sp³-hybridized carbons (Fsp3) is 0.333. The van der Waals surface area contributed by atoms with Gasteiger partial charge >= 0.3 is 5.97 Å². The molecule has 0 aromatic heterocycles. The van der Waals surface area contributed by atoms with Crippen LogP contribution in [0.1, 0.15) is 23.7 Å². The Bertz CT molecular complexity index is 465. The van der Waals surface area contributed by atoms with Crippen LogP contribution in [0.2, 0.25) is 5.02 Å². The highest BCUT2D eigenvalue weighted by Crippen LogP contribution is 2.14. The molecule has 0 aliphatic heterocycles. The van der Waals surface area contributed by atoms with E-state index in [9.17, 15) is 14.0 Å². The highest BCUT2D eigenvalue weighted by Gasteiger charge is 2.14. The van der Waals surface area contributed by atoms with Crippen molar-refractivity contribution in [2.45, 2.75) is 13.3 Å². The summed E-state index contributed by atoms with van der Waals surface area (Å²) in [4.78, 5) is 22.1. The number of amides is 1. The van der Waals surface area contributed by atoms with Crippen LogP contribution in [0.3, 0.4) is 0 Å². The average Bonchev–Trinajstić information content (AvgIpc) is 2.25. The van der Waals surface area contributed by atoms with E-state index in [2.05, 4.69) is 5.32 Å². The highest BCUT2D eigenvalue weighted by atomic mass is 35.5. The molecule has 98 valence electrons. The molecule has 0 bridgehead atoms. The Kier molecular flexibility index (Phi) is 5.09. The maximum absolute atomic E-state index is 13.4. The number of carbonyl (C=O) groups is 2. The van der Waals surface area contributed by atoms with Crippen molar-refractivity contribution < 1.29 is 19.1 Å². The van der Waals surface area contributed by atoms with E-state index in [1.165, 1.54) is 12.1 Å². The summed E-state index contributed by atoms with van der Waals surface area (Å²) >= 11 is 5.57. The Morgan fingerprint density at radius 2 is 2.17 bits per heavy atom. The molecule has 18 heavy (non-hydrogen) atoms. The number of rotatable bonds is 5. The van der Waals surface area contributed by atoms with Crippen LogP contribution in [-0.4, -0.2) is 23.5 Å². The molecule has 0 aliphatic rings. The smallest absolute Gasteiger partial charge is 0.303 e. The third-order valence-electron chi connectivity index (χ3n) is 2.31. The third kappa shape index (κ3) is 4.33. The van der Waals surface area contributed by atoms with E-state index >= 15 is 0 Å². The summed E-state index contributed by atoms with van der Waals surface area (Å²) in [7, 11) is 0. The SMILES string of the molecule is CC(CNC(=O)c1ccc(Cl)cc1F)CC(=O)O. The summed E-state index contributed by atoms with van der Waals surface area (Å²) in [5.74, 6) is -2.44. The van der Waals surface area contributed by atoms with Crippen LogP contribution in [-0.2, 0) is 4.79 Å². The fourth-order valence-corrected chi connectivity index (χ4v) is 1.56. The first kappa shape index (κ1) is 14.4. The van der Waals surface area contributed by atoms with Crippen LogP contribution < -0.4 is 5.32 Å². The number of nitrogens with one attached hydrogen (secondary N) is 1. The van der Waals surface area contributed by atoms with Crippen LogP contribution in [0.15, 0.2) is 18.2 Å². The first-order valence-electron chi connectivity index (χ1n) is 5.35. The summed E-state index contributed by atoms with van der Waals surface area (Å²) in [6.45, 7) is 1.86. The molecule has 1 aromatic carbocycles. The zero-order valence-electron chi connectivity index (χ0n) is 9.74. The van der Waals surface area contributed by atoms with Gasteiger partial charge in [0.15, 0.2) is 0 Å². The van der Waals surface area contributed by atoms with E-state index in [1.54, 1.807) is 6.92 Å². The van der Waals surface area contributed by atoms with Gasteiger partial charge in [0.1, 0.15) is 5.82 Å². The van der Waals surface area contributed by atoms with Crippen molar-refractivity contribution in [3.63, 3.8) is 0 Å². The zero-order valence-corrected chi connectivity index (χ0v) is 10.5. The van der Waals surface area contributed by atoms with Crippen LogP contribution in [0.5, 0.6) is 0 Å². The number of halogens is 2. The second-order valence-corrected chi connectivity index (χ2v) is 4.47. The van der Waals surface area contributed by atoms with Crippen molar-refractivity contribution in [2.24, 2.45) is 5.92 Å². The molecule has 0 spiro atoms. The maximum atomic E-state index is 13.4. The monoisotopic (exact) mass is 273 g/mol. The Balaban J connectivity index is 2.58. The molecule has 0 aliphatic carbocycles. The van der Waals surface area contributed by atoms with Crippen LogP contribution in [0.4, 0.5) is 4.39 Å². The van der Waals surface area contributed by atoms with Gasteiger partial charge in [0.2, 0.25) is 0 Å². The Labute approximate surface area is 109 Å². The van der Waals surface area contributed by atoms with Gasteiger partial charge in [0, 0.05) is 18.0 Å². The predicted octanol–water partition coefficient (Wildman–Crippen LogP) is 2.32. The molecule has 1 unspecified atom stereocenters. The number of benzene rings is 1. The van der Waals surface area contributed by atoms with E-state index in [-0.39, 0.29) is 29.5 Å². The Hall–Kier alpha value is -1.62. The lowest BCUT2D eigenvalue weighted by molar-refractivity contribution is -0.137. The second-order valence-electron chi connectivity index (χ2n) is 4.04. The second kappa shape index (κ2) is 6.35. The lowest BCUT2D eigenvalue weighted by Gasteiger charge is -2.10. The zero-order chi connectivity index (χ0) is 13.7. The van der Waals surface area contributed by atoms with Gasteiger partial charge in [-0.3, -0.25) is 9.59 Å². The van der Waals surface area contributed by atoms with E-state index in [0.29, 0.717) is 0 Å². The van der Waals surface area contributed by atoms with Crippen molar-refractivity contribution in [1.82, 2.24) is 5.32 Å². The normalized spacial score (nSPS) is 11.9. The first-order valence-corrected chi connectivity index (χ1v) is 5.73. The molecule has 2 N–H and O–H groups in total. The third-order valence-corrected chi connectivity index (χ3v) is 2.55. The standard InChI is InChI=1S/C12H13ClFNO3/c1-7(4-11(16)17)6-15-12(18)9-3-2-8(13)5-10(9)14/h2-3,5,7H,4,6H2,1H3,(H,15,18)(H,16,17). The molecule has 0 radical (unpaired) electrons. The topological polar surface area (TPSA) is 66.4 Å². The van der Waals surface area contributed by atoms with Crippen LogP contribution >= 0.6 is 11.6 Å². The summed E-state index contributed by atoms with van der Waals surface area (Å²) in [6.07, 6.45) is -0.0522. The molecule has 1 amide bonds. The lowest BCUT2D eigenvalue weighted by atomic mass is 10.1. The number of carboxylic acid groups (broad SMARTS) is 1. The van der Waals surface area contributed by atoms with Crippen molar-refractivity contribution >= 4 is 23.5 Å². The number of carbonyl (C=O) groups excluding carboxylic acids is 1. The maximum Gasteiger partial charge on any atom is 0.303 e. The number of aliphatic carboxylic acids is 1. The van der Waals surface area contributed by atoms with E-state index in [4.69, 9.17) is 16.7 Å². The van der Waals surface area contributed by atoms with Crippen molar-refractivity contribution in [1.29, 1.82) is 0 Å². The van der Waals surface area contributed by atoms with Gasteiger partial charge in [0.25, 0.3) is 5.91 Å². The molecule has 1 rings (SSSR count). The average molecular weight is 274 g/mol. The highest BCUT2D eigenvalue weighted by molar-refractivity contribution is 6.30. The van der Waals surface area contributed by atoms with E-state index in [1.807, 2.05) is 0 Å². The molecule has 1 atom stereocenters. The molecule has 0 saturated carbocycles. The van der Waals surface area contributed by atoms with Crippen molar-refractivity contribution in [2.75, 3.05) is 6.54 Å². The minimum Gasteiger partial charge on any atom is -0.481 e. The van der Waals surface area contributed by atoms with Crippen molar-refractivity contribution in [3.05, 3.63) is 34.6 Å². The van der Waals surface area contributed by atoms with Gasteiger partial charge < -0.3 is 10.4 Å². The molecule has 0 saturated heterocycles. The number of hydrogen-bond acceptors (Lipinski definition) is 2. The van der Waals surface area contributed by atoms with Gasteiger partial charge in [-0.05, 0) is 24.1 Å². The summed E-state index contributed by atoms with van der Waals surface area (Å²) < 4.78 is 13.4. The minimum atomic E-state index is -0.936. The first-order chi connectivity index (χ1) is 8.40. The number of carboxylic acids is 1. The van der Waals surface area contributed by atoms with Crippen LogP contribution in [0.25, 0.3) is 0 Å². The van der Waals surface area contributed by atoms with E-state index < -0.39 is 17.7 Å². The molecular weight excluding hydrogens is 261 g/mol. The van der Waals surface area contributed by atoms with Crippen molar-refractivity contribution in [3.8, 4) is 0 Å². The molecule has 6 heteroatoms. The minimum absolute atomic E-state index is 0.0522. The van der Waals surface area contributed by atoms with E-state index in [0.717, 1.165) is 6.07 Å². The lowest BCUT2D eigenvalue weighted by Crippen LogP contribution is -2.29. The molecule has 4 nitrogen and oxygen atoms in total. The van der Waals surface area contributed by atoms with Gasteiger partial charge in [0.05, 0.1) is 5.56 Å². The van der Waals surface area contributed by atoms with Gasteiger partial charge in [-0.15, -0.1) is 0 Å². The Morgan fingerprint density at radius 1 is 1.50 bits per heavy atom. The summed E-state index contributed by atoms with van der Waals surface area (Å²) in [5.41, 5.74) is -0.109. The Morgan fingerprint density at radius 3 is 2.72 bits per heavy atom. The summed E-state index contributed by atoms with van der Waals surface area (Å²) in [5, 5.41) is 11.2. The van der Waals surface area contributed by atoms with Gasteiger partial charge in [-0.2, -0.15) is 0 Å². The molecule has 1 aromatic rings. The number of hydrogen-bond donors (Lipinski definition) is 2. The quantitative estimate of drug-likeness (QED) is 0.865. The molecule has 0 fully saturated rings. The fourth-order valence-electron chi connectivity index (χ4n) is 1.41. The predicted molar refractivity (Wildman–Crippen MR) is 65.2 cm³/mol. The van der Waals surface area contributed by atoms with Gasteiger partial charge in [-0.25, -0.2) is 4.39 Å². The largest absolute Gasteiger partial charge is 0.481 e.